The molecule has 0 saturated carbocycles. The minimum absolute atomic E-state index is 0.0381. The maximum absolute atomic E-state index is 12.0. The summed E-state index contributed by atoms with van der Waals surface area (Å²) in [5.74, 6) is -1.45. The number of carbonyl (C=O) groups excluding carboxylic acids is 1. The van der Waals surface area contributed by atoms with Crippen molar-refractivity contribution >= 4 is 15.6 Å². The smallest absolute Gasteiger partial charge is 0.185 e. The Morgan fingerprint density at radius 1 is 0.950 bits per heavy atom. The molecule has 0 aliphatic carbocycles. The summed E-state index contributed by atoms with van der Waals surface area (Å²) >= 11 is 0. The summed E-state index contributed by atoms with van der Waals surface area (Å²) < 4.78 is 24.1. The maximum Gasteiger partial charge on any atom is 0.185 e. The van der Waals surface area contributed by atoms with Crippen molar-refractivity contribution in [1.29, 1.82) is 0 Å². The summed E-state index contributed by atoms with van der Waals surface area (Å²) in [6.45, 7) is 0. The zero-order valence-electron chi connectivity index (χ0n) is 10.4. The van der Waals surface area contributed by atoms with Crippen LogP contribution in [0.3, 0.4) is 0 Å². The second kappa shape index (κ2) is 5.34. The Morgan fingerprint density at radius 2 is 1.60 bits per heavy atom. The minimum atomic E-state index is -3.78. The SMILES string of the molecule is O=C(CS(=O)(=O)c1ccc(O)cc1)c1cccc(O)c1. The number of rotatable bonds is 4. The molecule has 20 heavy (non-hydrogen) atoms. The minimum Gasteiger partial charge on any atom is -0.508 e. The highest BCUT2D eigenvalue weighted by molar-refractivity contribution is 7.92. The van der Waals surface area contributed by atoms with Crippen LogP contribution in [-0.2, 0) is 9.84 Å². The van der Waals surface area contributed by atoms with Gasteiger partial charge in [-0.05, 0) is 36.4 Å². The van der Waals surface area contributed by atoms with E-state index in [1.54, 1.807) is 0 Å². The molecule has 0 aliphatic heterocycles. The molecule has 6 heteroatoms. The van der Waals surface area contributed by atoms with Crippen molar-refractivity contribution in [3.63, 3.8) is 0 Å². The molecular formula is C14H12O5S. The van der Waals surface area contributed by atoms with Gasteiger partial charge in [0.25, 0.3) is 0 Å². The van der Waals surface area contributed by atoms with Crippen LogP contribution in [0.5, 0.6) is 11.5 Å². The van der Waals surface area contributed by atoms with Crippen molar-refractivity contribution in [2.45, 2.75) is 4.90 Å². The molecule has 5 nitrogen and oxygen atoms in total. The van der Waals surface area contributed by atoms with Crippen LogP contribution < -0.4 is 0 Å². The second-order valence-electron chi connectivity index (χ2n) is 4.23. The van der Waals surface area contributed by atoms with Crippen molar-refractivity contribution < 1.29 is 23.4 Å². The van der Waals surface area contributed by atoms with E-state index in [4.69, 9.17) is 5.11 Å². The molecule has 0 atom stereocenters. The fourth-order valence-electron chi connectivity index (χ4n) is 1.67. The van der Waals surface area contributed by atoms with Gasteiger partial charge < -0.3 is 10.2 Å². The van der Waals surface area contributed by atoms with Crippen LogP contribution in [0.2, 0.25) is 0 Å². The zero-order valence-corrected chi connectivity index (χ0v) is 11.2. The van der Waals surface area contributed by atoms with Crippen LogP contribution in [0.25, 0.3) is 0 Å². The normalized spacial score (nSPS) is 11.2. The average molecular weight is 292 g/mol. The van der Waals surface area contributed by atoms with Gasteiger partial charge in [0.05, 0.1) is 4.90 Å². The Bertz CT molecular complexity index is 732. The van der Waals surface area contributed by atoms with Crippen molar-refractivity contribution in [2.24, 2.45) is 0 Å². The highest BCUT2D eigenvalue weighted by atomic mass is 32.2. The lowest BCUT2D eigenvalue weighted by atomic mass is 10.1. The predicted octanol–water partition coefficient (Wildman–Crippen LogP) is 1.75. The van der Waals surface area contributed by atoms with E-state index in [-0.39, 0.29) is 22.0 Å². The Balaban J connectivity index is 2.24. The van der Waals surface area contributed by atoms with Gasteiger partial charge in [-0.25, -0.2) is 8.42 Å². The lowest BCUT2D eigenvalue weighted by molar-refractivity contribution is 0.102. The molecule has 2 rings (SSSR count). The van der Waals surface area contributed by atoms with Gasteiger partial charge in [0.1, 0.15) is 17.3 Å². The molecule has 0 bridgehead atoms. The second-order valence-corrected chi connectivity index (χ2v) is 6.22. The first-order valence-corrected chi connectivity index (χ1v) is 7.38. The highest BCUT2D eigenvalue weighted by Gasteiger charge is 2.20. The molecule has 0 radical (unpaired) electrons. The van der Waals surface area contributed by atoms with Crippen molar-refractivity contribution in [1.82, 2.24) is 0 Å². The van der Waals surface area contributed by atoms with Gasteiger partial charge >= 0.3 is 0 Å². The molecule has 0 heterocycles. The molecule has 2 N–H and O–H groups in total. The number of carbonyl (C=O) groups is 1. The molecule has 2 aromatic rings. The number of Topliss-reactive ketones (excluding diaryl/α,β-unsaturated/α-hetero) is 1. The van der Waals surface area contributed by atoms with Crippen LogP contribution in [0.15, 0.2) is 53.4 Å². The lowest BCUT2D eigenvalue weighted by Crippen LogP contribution is -2.16. The summed E-state index contributed by atoms with van der Waals surface area (Å²) in [5, 5.41) is 18.4. The third kappa shape index (κ3) is 3.16. The summed E-state index contributed by atoms with van der Waals surface area (Å²) in [6.07, 6.45) is 0. The third-order valence-corrected chi connectivity index (χ3v) is 4.32. The summed E-state index contributed by atoms with van der Waals surface area (Å²) in [7, 11) is -3.78. The molecule has 0 unspecified atom stereocenters. The Kier molecular flexibility index (Phi) is 3.76. The Hall–Kier alpha value is -2.34. The van der Waals surface area contributed by atoms with E-state index >= 15 is 0 Å². The number of phenols is 2. The van der Waals surface area contributed by atoms with Gasteiger partial charge in [-0.15, -0.1) is 0 Å². The van der Waals surface area contributed by atoms with Crippen LogP contribution in [0, 0.1) is 0 Å². The zero-order chi connectivity index (χ0) is 14.8. The molecule has 0 spiro atoms. The Labute approximate surface area is 116 Å². The van der Waals surface area contributed by atoms with Crippen LogP contribution in [-0.4, -0.2) is 30.2 Å². The first-order chi connectivity index (χ1) is 9.38. The van der Waals surface area contributed by atoms with Crippen LogP contribution >= 0.6 is 0 Å². The number of hydrogen-bond acceptors (Lipinski definition) is 5. The summed E-state index contributed by atoms with van der Waals surface area (Å²) in [4.78, 5) is 11.9. The number of ketones is 1. The fourth-order valence-corrected chi connectivity index (χ4v) is 2.90. The highest BCUT2D eigenvalue weighted by Crippen LogP contribution is 2.18. The molecule has 0 aromatic heterocycles. The van der Waals surface area contributed by atoms with Crippen molar-refractivity contribution in [3.05, 3.63) is 54.1 Å². The monoisotopic (exact) mass is 292 g/mol. The number of aromatic hydroxyl groups is 2. The molecular weight excluding hydrogens is 280 g/mol. The quantitative estimate of drug-likeness (QED) is 0.838. The van der Waals surface area contributed by atoms with E-state index in [0.29, 0.717) is 0 Å². The van der Waals surface area contributed by atoms with Crippen molar-refractivity contribution in [2.75, 3.05) is 5.75 Å². The number of sulfone groups is 1. The van der Waals surface area contributed by atoms with Gasteiger partial charge in [-0.2, -0.15) is 0 Å². The van der Waals surface area contributed by atoms with Crippen LogP contribution in [0.1, 0.15) is 10.4 Å². The van der Waals surface area contributed by atoms with Gasteiger partial charge in [0, 0.05) is 5.56 Å². The fraction of sp³-hybridized carbons (Fsp3) is 0.0714. The van der Waals surface area contributed by atoms with E-state index in [2.05, 4.69) is 0 Å². The van der Waals surface area contributed by atoms with E-state index in [1.807, 2.05) is 0 Å². The van der Waals surface area contributed by atoms with Gasteiger partial charge in [-0.3, -0.25) is 4.79 Å². The topological polar surface area (TPSA) is 91.7 Å². The van der Waals surface area contributed by atoms with Gasteiger partial charge in [0.2, 0.25) is 0 Å². The molecule has 0 amide bonds. The number of benzene rings is 2. The van der Waals surface area contributed by atoms with Crippen molar-refractivity contribution in [3.8, 4) is 11.5 Å². The average Bonchev–Trinajstić information content (AvgIpc) is 2.38. The number of phenolic OH excluding ortho intramolecular Hbond substituents is 2. The molecule has 104 valence electrons. The van der Waals surface area contributed by atoms with E-state index in [0.717, 1.165) is 0 Å². The molecule has 0 aliphatic rings. The molecule has 0 fully saturated rings. The predicted molar refractivity (Wildman–Crippen MR) is 72.6 cm³/mol. The maximum atomic E-state index is 12.0. The third-order valence-electron chi connectivity index (χ3n) is 2.69. The number of hydrogen-bond donors (Lipinski definition) is 2. The van der Waals surface area contributed by atoms with Gasteiger partial charge in [0.15, 0.2) is 15.6 Å². The van der Waals surface area contributed by atoms with Crippen LogP contribution in [0.4, 0.5) is 0 Å². The Morgan fingerprint density at radius 3 is 2.20 bits per heavy atom. The van der Waals surface area contributed by atoms with Gasteiger partial charge in [-0.1, -0.05) is 12.1 Å². The van der Waals surface area contributed by atoms with E-state index in [9.17, 15) is 18.3 Å². The first kappa shape index (κ1) is 14.1. The van der Waals surface area contributed by atoms with E-state index in [1.165, 1.54) is 48.5 Å². The summed E-state index contributed by atoms with van der Waals surface area (Å²) in [5.41, 5.74) is 0.132. The standard InChI is InChI=1S/C14H12O5S/c15-11-4-6-13(7-5-11)20(18,19)9-14(17)10-2-1-3-12(16)8-10/h1-8,15-16H,9H2. The molecule has 2 aromatic carbocycles. The first-order valence-electron chi connectivity index (χ1n) is 5.72. The summed E-state index contributed by atoms with van der Waals surface area (Å²) in [6, 6.07) is 10.5. The lowest BCUT2D eigenvalue weighted by Gasteiger charge is -2.05. The van der Waals surface area contributed by atoms with E-state index < -0.39 is 21.4 Å². The molecule has 0 saturated heterocycles. The largest absolute Gasteiger partial charge is 0.508 e.